The van der Waals surface area contributed by atoms with Crippen molar-refractivity contribution in [2.75, 3.05) is 26.2 Å². The van der Waals surface area contributed by atoms with Gasteiger partial charge >= 0.3 is 0 Å². The molecule has 0 radical (unpaired) electrons. The van der Waals surface area contributed by atoms with E-state index in [9.17, 15) is 9.90 Å². The monoisotopic (exact) mass is 334 g/mol. The minimum atomic E-state index is -0.786. The Morgan fingerprint density at radius 2 is 2.08 bits per heavy atom. The number of fused-ring (bicyclic) bond motifs is 3. The van der Waals surface area contributed by atoms with Gasteiger partial charge in [-0.15, -0.1) is 0 Å². The van der Waals surface area contributed by atoms with Gasteiger partial charge in [-0.25, -0.2) is 0 Å². The molecule has 0 spiro atoms. The van der Waals surface area contributed by atoms with Crippen LogP contribution in [0.1, 0.15) is 61.6 Å². The minimum Gasteiger partial charge on any atom is -0.386 e. The summed E-state index contributed by atoms with van der Waals surface area (Å²) in [7, 11) is 0. The van der Waals surface area contributed by atoms with Crippen LogP contribution in [-0.4, -0.2) is 57.5 Å². The number of hydrogen-bond donors (Lipinski definition) is 2. The smallest absolute Gasteiger partial charge is 0.254 e. The van der Waals surface area contributed by atoms with Crippen LogP contribution in [0.2, 0.25) is 0 Å². The Kier molecular flexibility index (Phi) is 4.97. The van der Waals surface area contributed by atoms with Gasteiger partial charge in [0.15, 0.2) is 0 Å². The lowest BCUT2D eigenvalue weighted by atomic mass is 9.75. The highest BCUT2D eigenvalue weighted by Gasteiger charge is 2.45. The van der Waals surface area contributed by atoms with Crippen molar-refractivity contribution < 1.29 is 9.90 Å². The van der Waals surface area contributed by atoms with E-state index in [2.05, 4.69) is 29.2 Å². The number of nitrogens with one attached hydrogen (secondary N) is 1. The number of piperidine rings is 3. The van der Waals surface area contributed by atoms with Gasteiger partial charge in [0.1, 0.15) is 0 Å². The molecule has 0 saturated carbocycles. The van der Waals surface area contributed by atoms with E-state index in [0.717, 1.165) is 44.5 Å². The first-order valence-corrected chi connectivity index (χ1v) is 9.25. The molecule has 3 aliphatic rings. The van der Waals surface area contributed by atoms with Crippen molar-refractivity contribution in [1.82, 2.24) is 20.0 Å². The normalized spacial score (nSPS) is 29.2. The van der Waals surface area contributed by atoms with Crippen molar-refractivity contribution in [2.45, 2.75) is 58.1 Å². The zero-order valence-corrected chi connectivity index (χ0v) is 15.1. The fourth-order valence-corrected chi connectivity index (χ4v) is 4.32. The number of aliphatic hydroxyl groups is 1. The van der Waals surface area contributed by atoms with Gasteiger partial charge in [0.05, 0.1) is 23.4 Å². The second-order valence-corrected chi connectivity index (χ2v) is 7.40. The number of carbonyl (C=O) groups excluding carboxylic acids is 1. The van der Waals surface area contributed by atoms with Crippen LogP contribution in [0.5, 0.6) is 0 Å². The number of carbonyl (C=O) groups is 1. The fourth-order valence-electron chi connectivity index (χ4n) is 4.32. The molecule has 2 bridgehead atoms. The van der Waals surface area contributed by atoms with E-state index in [1.807, 2.05) is 11.6 Å². The molecule has 1 aromatic rings. The average molecular weight is 334 g/mol. The van der Waals surface area contributed by atoms with Crippen LogP contribution in [0.25, 0.3) is 0 Å². The van der Waals surface area contributed by atoms with E-state index < -0.39 is 5.60 Å². The summed E-state index contributed by atoms with van der Waals surface area (Å²) in [5.74, 6) is 0.172. The molecular formula is C18H30N4O2. The third-order valence-corrected chi connectivity index (χ3v) is 5.98. The predicted octanol–water partition coefficient (Wildman–Crippen LogP) is 1.74. The average Bonchev–Trinajstić information content (AvgIpc) is 2.97. The Bertz CT molecular complexity index is 588. The number of nitrogens with zero attached hydrogens (tertiary/aromatic N) is 3. The summed E-state index contributed by atoms with van der Waals surface area (Å²) in [6.07, 6.45) is 5.70. The molecule has 0 aliphatic carbocycles. The van der Waals surface area contributed by atoms with Gasteiger partial charge in [-0.1, -0.05) is 13.8 Å². The molecule has 1 amide bonds. The number of rotatable bonds is 6. The summed E-state index contributed by atoms with van der Waals surface area (Å²) in [5, 5.41) is 18.3. The Balaban J connectivity index is 1.65. The third kappa shape index (κ3) is 3.09. The van der Waals surface area contributed by atoms with Crippen molar-refractivity contribution in [1.29, 1.82) is 0 Å². The maximum absolute atomic E-state index is 12.6. The lowest BCUT2D eigenvalue weighted by Crippen LogP contribution is -2.63. The molecule has 4 heterocycles. The van der Waals surface area contributed by atoms with Crippen LogP contribution >= 0.6 is 0 Å². The van der Waals surface area contributed by atoms with Crippen molar-refractivity contribution in [2.24, 2.45) is 5.92 Å². The van der Waals surface area contributed by atoms with Crippen molar-refractivity contribution in [3.8, 4) is 0 Å². The first-order valence-electron chi connectivity index (χ1n) is 9.25. The summed E-state index contributed by atoms with van der Waals surface area (Å²) in [6.45, 7) is 9.36. The van der Waals surface area contributed by atoms with Gasteiger partial charge in [0.2, 0.25) is 0 Å². The highest BCUT2D eigenvalue weighted by molar-refractivity contribution is 5.95. The molecule has 2 N–H and O–H groups in total. The van der Waals surface area contributed by atoms with Crippen LogP contribution in [0, 0.1) is 12.8 Å². The highest BCUT2D eigenvalue weighted by atomic mass is 16.3. The molecule has 0 aromatic carbocycles. The predicted molar refractivity (Wildman–Crippen MR) is 93.0 cm³/mol. The lowest BCUT2D eigenvalue weighted by molar-refractivity contribution is -0.108. The first kappa shape index (κ1) is 17.4. The van der Waals surface area contributed by atoms with E-state index in [1.54, 1.807) is 6.20 Å². The zero-order valence-electron chi connectivity index (χ0n) is 15.1. The fraction of sp³-hybridized carbons (Fsp3) is 0.778. The zero-order chi connectivity index (χ0) is 17.3. The molecule has 0 unspecified atom stereocenters. The summed E-state index contributed by atoms with van der Waals surface area (Å²) < 4.78 is 1.96. The Morgan fingerprint density at radius 1 is 1.42 bits per heavy atom. The van der Waals surface area contributed by atoms with Crippen LogP contribution in [0.3, 0.4) is 0 Å². The summed E-state index contributed by atoms with van der Waals surface area (Å²) in [6, 6.07) is 0.331. The van der Waals surface area contributed by atoms with E-state index in [0.29, 0.717) is 30.6 Å². The van der Waals surface area contributed by atoms with Crippen LogP contribution in [0.15, 0.2) is 6.20 Å². The molecule has 24 heavy (non-hydrogen) atoms. The first-order chi connectivity index (χ1) is 11.5. The minimum absolute atomic E-state index is 0.130. The van der Waals surface area contributed by atoms with E-state index in [4.69, 9.17) is 0 Å². The summed E-state index contributed by atoms with van der Waals surface area (Å²) in [4.78, 5) is 14.9. The standard InChI is InChI=1S/C18H30N4O2/c1-4-15(5-2)22-13(3)16(10-20-22)17(23)19-11-18(24)12-21-8-6-14(18)7-9-21/h10,14-15,24H,4-9,11-12H2,1-3H3,(H,19,23)/t18-/m0/s1. The van der Waals surface area contributed by atoms with E-state index >= 15 is 0 Å². The third-order valence-electron chi connectivity index (χ3n) is 5.98. The Hall–Kier alpha value is -1.40. The van der Waals surface area contributed by atoms with Gasteiger partial charge in [-0.2, -0.15) is 5.10 Å². The van der Waals surface area contributed by atoms with Gasteiger partial charge < -0.3 is 15.3 Å². The van der Waals surface area contributed by atoms with Crippen LogP contribution < -0.4 is 5.32 Å². The number of aromatic nitrogens is 2. The maximum Gasteiger partial charge on any atom is 0.254 e. The number of hydrogen-bond acceptors (Lipinski definition) is 4. The second-order valence-electron chi connectivity index (χ2n) is 7.40. The molecular weight excluding hydrogens is 304 g/mol. The topological polar surface area (TPSA) is 70.4 Å². The molecule has 6 nitrogen and oxygen atoms in total. The lowest BCUT2D eigenvalue weighted by Gasteiger charge is -2.50. The molecule has 6 heteroatoms. The van der Waals surface area contributed by atoms with Gasteiger partial charge in [-0.05, 0) is 51.6 Å². The summed E-state index contributed by atoms with van der Waals surface area (Å²) in [5.41, 5.74) is 0.736. The number of amides is 1. The highest BCUT2D eigenvalue weighted by Crippen LogP contribution is 2.35. The van der Waals surface area contributed by atoms with Crippen LogP contribution in [-0.2, 0) is 0 Å². The van der Waals surface area contributed by atoms with Crippen LogP contribution in [0.4, 0.5) is 0 Å². The Labute approximate surface area is 144 Å². The molecule has 1 atom stereocenters. The summed E-state index contributed by atoms with van der Waals surface area (Å²) >= 11 is 0. The van der Waals surface area contributed by atoms with E-state index in [-0.39, 0.29) is 5.91 Å². The molecule has 1 aromatic heterocycles. The molecule has 3 fully saturated rings. The second kappa shape index (κ2) is 6.84. The van der Waals surface area contributed by atoms with Crippen molar-refractivity contribution in [3.63, 3.8) is 0 Å². The van der Waals surface area contributed by atoms with Gasteiger partial charge in [0, 0.05) is 18.8 Å². The molecule has 3 aliphatic heterocycles. The van der Waals surface area contributed by atoms with Crippen molar-refractivity contribution in [3.05, 3.63) is 17.5 Å². The van der Waals surface area contributed by atoms with Gasteiger partial charge in [0.25, 0.3) is 5.91 Å². The SMILES string of the molecule is CCC(CC)n1ncc(C(=O)NC[C@]2(O)CN3CCC2CC3)c1C. The largest absolute Gasteiger partial charge is 0.386 e. The quantitative estimate of drug-likeness (QED) is 0.831. The molecule has 3 saturated heterocycles. The molecule has 134 valence electrons. The Morgan fingerprint density at radius 3 is 2.62 bits per heavy atom. The van der Waals surface area contributed by atoms with E-state index in [1.165, 1.54) is 0 Å². The van der Waals surface area contributed by atoms with Crippen molar-refractivity contribution >= 4 is 5.91 Å². The van der Waals surface area contributed by atoms with Gasteiger partial charge in [-0.3, -0.25) is 9.48 Å². The molecule has 4 rings (SSSR count). The maximum atomic E-state index is 12.6.